The molecule has 0 aromatic rings. The van der Waals surface area contributed by atoms with Crippen LogP contribution in [0, 0.1) is 0 Å². The minimum atomic E-state index is 0.356. The van der Waals surface area contributed by atoms with Crippen LogP contribution in [0.1, 0.15) is 13.3 Å². The molecule has 0 aliphatic heterocycles. The van der Waals surface area contributed by atoms with Crippen LogP contribution in [0.5, 0.6) is 0 Å². The summed E-state index contributed by atoms with van der Waals surface area (Å²) >= 11 is 0. The highest BCUT2D eigenvalue weighted by atomic mass is 16.5. The van der Waals surface area contributed by atoms with Gasteiger partial charge in [0.15, 0.2) is 0 Å². The third kappa shape index (κ3) is 7.88. The largest absolute Gasteiger partial charge is 0.382 e. The zero-order valence-electron chi connectivity index (χ0n) is 6.56. The summed E-state index contributed by atoms with van der Waals surface area (Å²) in [6.45, 7) is 5.15. The highest BCUT2D eigenvalue weighted by molar-refractivity contribution is 4.34. The average molecular weight is 146 g/mol. The lowest BCUT2D eigenvalue weighted by atomic mass is 10.5. The summed E-state index contributed by atoms with van der Waals surface area (Å²) in [5, 5.41) is 0. The lowest BCUT2D eigenvalue weighted by Crippen LogP contribution is -2.04. The van der Waals surface area contributed by atoms with E-state index in [-0.39, 0.29) is 0 Å². The van der Waals surface area contributed by atoms with Crippen LogP contribution in [0.3, 0.4) is 0 Å². The molecule has 0 aliphatic rings. The topological polar surface area (TPSA) is 42.3 Å². The maximum absolute atomic E-state index is 6.76. The first kappa shape index (κ1) is 9.88. The molecule has 0 amide bonds. The Balaban J connectivity index is 2.65. The van der Waals surface area contributed by atoms with E-state index in [1.165, 1.54) is 0 Å². The minimum absolute atomic E-state index is 0.356. The fourth-order valence-electron chi connectivity index (χ4n) is 0.582. The number of hydrogen-bond donors (Lipinski definition) is 0. The first-order valence-corrected chi connectivity index (χ1v) is 3.72. The Hall–Kier alpha value is -0.120. The summed E-state index contributed by atoms with van der Waals surface area (Å²) in [7, 11) is 0. The molecule has 0 aromatic carbocycles. The van der Waals surface area contributed by atoms with Gasteiger partial charge in [-0.1, -0.05) is 0 Å². The fourth-order valence-corrected chi connectivity index (χ4v) is 0.582. The smallest absolute Gasteiger partial charge is 0.0604 e. The van der Waals surface area contributed by atoms with Crippen molar-refractivity contribution in [1.82, 2.24) is 5.73 Å². The second kappa shape index (κ2) is 8.88. The normalized spacial score (nSPS) is 10.2. The molecule has 0 aliphatic carbocycles. The molecule has 0 saturated heterocycles. The predicted octanol–water partition coefficient (Wildman–Crippen LogP) is 0.712. The van der Waals surface area contributed by atoms with E-state index in [2.05, 4.69) is 0 Å². The van der Waals surface area contributed by atoms with E-state index in [9.17, 15) is 0 Å². The predicted molar refractivity (Wildman–Crippen MR) is 39.9 cm³/mol. The number of hydrogen-bond acceptors (Lipinski definition) is 2. The molecule has 0 spiro atoms. The number of nitrogens with one attached hydrogen (secondary N) is 1. The lowest BCUT2D eigenvalue weighted by Gasteiger charge is -2.01. The summed E-state index contributed by atoms with van der Waals surface area (Å²) in [4.78, 5) is 0. The highest BCUT2D eigenvalue weighted by Gasteiger charge is 1.86. The molecule has 3 nitrogen and oxygen atoms in total. The number of rotatable bonds is 7. The summed E-state index contributed by atoms with van der Waals surface area (Å²) in [6.07, 6.45) is 0.938. The van der Waals surface area contributed by atoms with Crippen molar-refractivity contribution < 1.29 is 9.47 Å². The van der Waals surface area contributed by atoms with Gasteiger partial charge in [0.25, 0.3) is 0 Å². The molecule has 0 atom stereocenters. The molecule has 61 valence electrons. The first-order valence-electron chi connectivity index (χ1n) is 3.72. The van der Waals surface area contributed by atoms with Crippen LogP contribution in [0.25, 0.3) is 0 Å². The molecule has 3 heteroatoms. The van der Waals surface area contributed by atoms with Crippen molar-refractivity contribution in [1.29, 1.82) is 0 Å². The van der Waals surface area contributed by atoms with Crippen LogP contribution in [-0.4, -0.2) is 33.0 Å². The van der Waals surface area contributed by atoms with Crippen molar-refractivity contribution in [3.8, 4) is 0 Å². The van der Waals surface area contributed by atoms with Gasteiger partial charge in [-0.05, 0) is 13.3 Å². The van der Waals surface area contributed by atoms with Crippen LogP contribution in [-0.2, 0) is 9.47 Å². The molecule has 0 rings (SSSR count). The quantitative estimate of drug-likeness (QED) is 0.496. The van der Waals surface area contributed by atoms with E-state index in [1.807, 2.05) is 6.92 Å². The lowest BCUT2D eigenvalue weighted by molar-refractivity contribution is 0.0910. The molecule has 0 unspecified atom stereocenters. The van der Waals surface area contributed by atoms with Gasteiger partial charge in [0.1, 0.15) is 0 Å². The third-order valence-electron chi connectivity index (χ3n) is 1.03. The maximum atomic E-state index is 6.76. The Bertz CT molecular complexity index is 51.6. The summed E-state index contributed by atoms with van der Waals surface area (Å²) in [6, 6.07) is 0. The minimum Gasteiger partial charge on any atom is -0.382 e. The Kier molecular flexibility index (Phi) is 8.77. The molecule has 1 N–H and O–H groups in total. The molecular formula is C7H16NO2. The maximum Gasteiger partial charge on any atom is 0.0604 e. The second-order valence-corrected chi connectivity index (χ2v) is 1.91. The molecule has 1 radical (unpaired) electrons. The van der Waals surface area contributed by atoms with Crippen molar-refractivity contribution in [2.75, 3.05) is 33.0 Å². The molecule has 0 saturated carbocycles. The van der Waals surface area contributed by atoms with E-state index >= 15 is 0 Å². The summed E-state index contributed by atoms with van der Waals surface area (Å²) in [5.74, 6) is 0. The molecule has 0 heterocycles. The van der Waals surface area contributed by atoms with Crippen LogP contribution >= 0.6 is 0 Å². The van der Waals surface area contributed by atoms with Gasteiger partial charge in [0.2, 0.25) is 0 Å². The molecule has 0 aromatic heterocycles. The Labute approximate surface area is 62.5 Å². The zero-order chi connectivity index (χ0) is 7.66. The Morgan fingerprint density at radius 2 is 1.80 bits per heavy atom. The van der Waals surface area contributed by atoms with Crippen molar-refractivity contribution in [3.05, 3.63) is 0 Å². The van der Waals surface area contributed by atoms with Gasteiger partial charge < -0.3 is 9.47 Å². The van der Waals surface area contributed by atoms with Crippen molar-refractivity contribution in [3.63, 3.8) is 0 Å². The van der Waals surface area contributed by atoms with Crippen molar-refractivity contribution in [2.45, 2.75) is 13.3 Å². The van der Waals surface area contributed by atoms with Crippen LogP contribution in [0.15, 0.2) is 0 Å². The van der Waals surface area contributed by atoms with Gasteiger partial charge in [0.05, 0.1) is 6.61 Å². The van der Waals surface area contributed by atoms with Crippen LogP contribution in [0.2, 0.25) is 0 Å². The van der Waals surface area contributed by atoms with Gasteiger partial charge in [-0.3, -0.25) is 5.73 Å². The monoisotopic (exact) mass is 146 g/mol. The fraction of sp³-hybridized carbons (Fsp3) is 1.00. The first-order chi connectivity index (χ1) is 4.91. The second-order valence-electron chi connectivity index (χ2n) is 1.91. The van der Waals surface area contributed by atoms with E-state index in [4.69, 9.17) is 15.2 Å². The van der Waals surface area contributed by atoms with Gasteiger partial charge in [-0.25, -0.2) is 0 Å². The van der Waals surface area contributed by atoms with E-state index in [1.54, 1.807) is 0 Å². The molecule has 0 fully saturated rings. The SMILES string of the molecule is CCOCCCOCC[NH]. The van der Waals surface area contributed by atoms with Crippen molar-refractivity contribution >= 4 is 0 Å². The molecular weight excluding hydrogens is 130 g/mol. The standard InChI is InChI=1S/C7H16NO2/c1-2-9-5-3-6-10-7-4-8/h8H,2-7H2,1H3. The van der Waals surface area contributed by atoms with Crippen molar-refractivity contribution in [2.24, 2.45) is 0 Å². The molecule has 10 heavy (non-hydrogen) atoms. The zero-order valence-corrected chi connectivity index (χ0v) is 6.56. The highest BCUT2D eigenvalue weighted by Crippen LogP contribution is 1.83. The Morgan fingerprint density at radius 3 is 2.40 bits per heavy atom. The summed E-state index contributed by atoms with van der Waals surface area (Å²) in [5.41, 5.74) is 6.76. The molecule has 0 bridgehead atoms. The number of ether oxygens (including phenoxy) is 2. The van der Waals surface area contributed by atoms with E-state index in [0.29, 0.717) is 13.2 Å². The van der Waals surface area contributed by atoms with Crippen LogP contribution < -0.4 is 5.73 Å². The summed E-state index contributed by atoms with van der Waals surface area (Å²) < 4.78 is 10.1. The Morgan fingerprint density at radius 1 is 1.10 bits per heavy atom. The van der Waals surface area contributed by atoms with Gasteiger partial charge in [0, 0.05) is 26.4 Å². The van der Waals surface area contributed by atoms with Gasteiger partial charge >= 0.3 is 0 Å². The van der Waals surface area contributed by atoms with E-state index < -0.39 is 0 Å². The third-order valence-corrected chi connectivity index (χ3v) is 1.03. The van der Waals surface area contributed by atoms with Gasteiger partial charge in [-0.2, -0.15) is 0 Å². The van der Waals surface area contributed by atoms with E-state index in [0.717, 1.165) is 26.2 Å². The average Bonchev–Trinajstić information content (AvgIpc) is 1.97. The van der Waals surface area contributed by atoms with Crippen LogP contribution in [0.4, 0.5) is 0 Å². The van der Waals surface area contributed by atoms with Gasteiger partial charge in [-0.15, -0.1) is 0 Å².